The van der Waals surface area contributed by atoms with Crippen LogP contribution in [0.25, 0.3) is 11.1 Å². The number of carbonyl (C=O) groups excluding carboxylic acids is 1. The van der Waals surface area contributed by atoms with Crippen LogP contribution in [0.2, 0.25) is 5.02 Å². The SMILES string of the molecule is C[C@H](Oc1cccc(Cl)c1)C(=O)NC[C@H]1Cc2cc(-c3ccc(S(C)(=O)=O)cc3)ccc2O1. The summed E-state index contributed by atoms with van der Waals surface area (Å²) >= 11 is 5.95. The van der Waals surface area contributed by atoms with E-state index in [2.05, 4.69) is 5.32 Å². The fourth-order valence-corrected chi connectivity index (χ4v) is 4.48. The van der Waals surface area contributed by atoms with Crippen LogP contribution in [-0.2, 0) is 21.1 Å². The zero-order valence-corrected chi connectivity index (χ0v) is 19.8. The second-order valence-electron chi connectivity index (χ2n) is 8.03. The number of hydrogen-bond acceptors (Lipinski definition) is 5. The lowest BCUT2D eigenvalue weighted by Gasteiger charge is -2.17. The number of hydrogen-bond donors (Lipinski definition) is 1. The summed E-state index contributed by atoms with van der Waals surface area (Å²) < 4.78 is 35.0. The van der Waals surface area contributed by atoms with Crippen molar-refractivity contribution in [1.82, 2.24) is 5.32 Å². The predicted octanol–water partition coefficient (Wildman–Crippen LogP) is 4.30. The Labute approximate surface area is 198 Å². The van der Waals surface area contributed by atoms with Gasteiger partial charge in [0.2, 0.25) is 0 Å². The molecular weight excluding hydrogens is 462 g/mol. The minimum atomic E-state index is -3.23. The largest absolute Gasteiger partial charge is 0.488 e. The summed E-state index contributed by atoms with van der Waals surface area (Å²) in [5.41, 5.74) is 2.95. The maximum absolute atomic E-state index is 12.4. The minimum absolute atomic E-state index is 0.176. The number of ether oxygens (including phenoxy) is 2. The summed E-state index contributed by atoms with van der Waals surface area (Å²) in [6.45, 7) is 2.04. The molecular formula is C25H24ClNO5S. The first-order valence-electron chi connectivity index (χ1n) is 10.5. The molecule has 4 rings (SSSR count). The van der Waals surface area contributed by atoms with Crippen molar-refractivity contribution < 1.29 is 22.7 Å². The second kappa shape index (κ2) is 9.45. The third kappa shape index (κ3) is 5.67. The van der Waals surface area contributed by atoms with E-state index in [0.717, 1.165) is 22.4 Å². The van der Waals surface area contributed by atoms with Crippen molar-refractivity contribution in [2.24, 2.45) is 0 Å². The van der Waals surface area contributed by atoms with E-state index >= 15 is 0 Å². The molecule has 3 aromatic rings. The van der Waals surface area contributed by atoms with Crippen molar-refractivity contribution >= 4 is 27.3 Å². The Hall–Kier alpha value is -3.03. The lowest BCUT2D eigenvalue weighted by Crippen LogP contribution is -2.41. The fourth-order valence-electron chi connectivity index (χ4n) is 3.66. The standard InChI is InChI=1S/C25H24ClNO5S/c1-16(31-21-5-3-4-20(26)14-21)25(28)27-15-22-13-19-12-18(8-11-24(19)32-22)17-6-9-23(10-7-17)33(2,29)30/h3-12,14,16,22H,13,15H2,1-2H3,(H,27,28)/t16-,22+/m0/s1. The smallest absolute Gasteiger partial charge is 0.260 e. The highest BCUT2D eigenvalue weighted by atomic mass is 35.5. The monoisotopic (exact) mass is 485 g/mol. The van der Waals surface area contributed by atoms with E-state index < -0.39 is 15.9 Å². The van der Waals surface area contributed by atoms with Gasteiger partial charge in [-0.2, -0.15) is 0 Å². The fraction of sp³-hybridized carbons (Fsp3) is 0.240. The Morgan fingerprint density at radius 3 is 2.55 bits per heavy atom. The van der Waals surface area contributed by atoms with Crippen molar-refractivity contribution in [2.75, 3.05) is 12.8 Å². The molecule has 0 bridgehead atoms. The third-order valence-electron chi connectivity index (χ3n) is 5.40. The van der Waals surface area contributed by atoms with Gasteiger partial charge in [0.1, 0.15) is 17.6 Å². The van der Waals surface area contributed by atoms with Gasteiger partial charge >= 0.3 is 0 Å². The van der Waals surface area contributed by atoms with E-state index in [9.17, 15) is 13.2 Å². The molecule has 0 aliphatic carbocycles. The first kappa shape index (κ1) is 23.1. The van der Waals surface area contributed by atoms with Gasteiger partial charge < -0.3 is 14.8 Å². The van der Waals surface area contributed by atoms with Crippen LogP contribution in [0.15, 0.2) is 71.6 Å². The Balaban J connectivity index is 1.34. The maximum Gasteiger partial charge on any atom is 0.260 e. The van der Waals surface area contributed by atoms with E-state index in [1.807, 2.05) is 18.2 Å². The molecule has 0 aromatic heterocycles. The molecule has 0 radical (unpaired) electrons. The molecule has 1 aliphatic heterocycles. The number of carbonyl (C=O) groups is 1. The summed E-state index contributed by atoms with van der Waals surface area (Å²) in [5.74, 6) is 1.09. The molecule has 3 aromatic carbocycles. The van der Waals surface area contributed by atoms with Crippen LogP contribution in [0, 0.1) is 0 Å². The maximum atomic E-state index is 12.4. The molecule has 1 N–H and O–H groups in total. The Morgan fingerprint density at radius 2 is 1.85 bits per heavy atom. The molecule has 33 heavy (non-hydrogen) atoms. The lowest BCUT2D eigenvalue weighted by atomic mass is 10.0. The van der Waals surface area contributed by atoms with Gasteiger partial charge in [-0.05, 0) is 66.1 Å². The van der Waals surface area contributed by atoms with Gasteiger partial charge in [-0.15, -0.1) is 0 Å². The van der Waals surface area contributed by atoms with Gasteiger partial charge in [0.15, 0.2) is 15.9 Å². The molecule has 0 fully saturated rings. The topological polar surface area (TPSA) is 81.7 Å². The molecule has 1 amide bonds. The van der Waals surface area contributed by atoms with Gasteiger partial charge in [0, 0.05) is 17.7 Å². The van der Waals surface area contributed by atoms with Crippen LogP contribution < -0.4 is 14.8 Å². The van der Waals surface area contributed by atoms with Gasteiger partial charge in [-0.25, -0.2) is 8.42 Å². The average molecular weight is 486 g/mol. The molecule has 0 unspecified atom stereocenters. The number of nitrogens with one attached hydrogen (secondary N) is 1. The first-order valence-corrected chi connectivity index (χ1v) is 12.8. The number of halogens is 1. The molecule has 0 spiro atoms. The average Bonchev–Trinajstić information content (AvgIpc) is 3.19. The van der Waals surface area contributed by atoms with E-state index in [4.69, 9.17) is 21.1 Å². The van der Waals surface area contributed by atoms with Crippen LogP contribution >= 0.6 is 11.6 Å². The quantitative estimate of drug-likeness (QED) is 0.539. The van der Waals surface area contributed by atoms with Crippen LogP contribution in [0.5, 0.6) is 11.5 Å². The van der Waals surface area contributed by atoms with Crippen molar-refractivity contribution in [3.05, 3.63) is 77.3 Å². The number of benzene rings is 3. The highest BCUT2D eigenvalue weighted by molar-refractivity contribution is 7.90. The Bertz CT molecular complexity index is 1270. The molecule has 2 atom stereocenters. The molecule has 0 saturated carbocycles. The van der Waals surface area contributed by atoms with Crippen molar-refractivity contribution in [3.8, 4) is 22.6 Å². The van der Waals surface area contributed by atoms with Gasteiger partial charge in [0.05, 0.1) is 11.4 Å². The van der Waals surface area contributed by atoms with Gasteiger partial charge in [-0.1, -0.05) is 35.9 Å². The van der Waals surface area contributed by atoms with Crippen LogP contribution in [0.4, 0.5) is 0 Å². The summed E-state index contributed by atoms with van der Waals surface area (Å²) in [7, 11) is -3.23. The van der Waals surface area contributed by atoms with E-state index in [1.54, 1.807) is 55.5 Å². The number of fused-ring (bicyclic) bond motifs is 1. The zero-order chi connectivity index (χ0) is 23.6. The summed E-state index contributed by atoms with van der Waals surface area (Å²) in [6, 6.07) is 19.6. The van der Waals surface area contributed by atoms with Gasteiger partial charge in [0.25, 0.3) is 5.91 Å². The highest BCUT2D eigenvalue weighted by Gasteiger charge is 2.25. The van der Waals surface area contributed by atoms with Crippen molar-refractivity contribution in [1.29, 1.82) is 0 Å². The van der Waals surface area contributed by atoms with Crippen molar-refractivity contribution in [3.63, 3.8) is 0 Å². The molecule has 8 heteroatoms. The molecule has 6 nitrogen and oxygen atoms in total. The molecule has 0 saturated heterocycles. The third-order valence-corrected chi connectivity index (χ3v) is 6.76. The van der Waals surface area contributed by atoms with Crippen LogP contribution in [0.1, 0.15) is 12.5 Å². The molecule has 1 aliphatic rings. The van der Waals surface area contributed by atoms with Crippen molar-refractivity contribution in [2.45, 2.75) is 30.4 Å². The zero-order valence-electron chi connectivity index (χ0n) is 18.2. The molecule has 1 heterocycles. The summed E-state index contributed by atoms with van der Waals surface area (Å²) in [6.07, 6.45) is 1.01. The first-order chi connectivity index (χ1) is 15.7. The Morgan fingerprint density at radius 1 is 1.12 bits per heavy atom. The second-order valence-corrected chi connectivity index (χ2v) is 10.5. The summed E-state index contributed by atoms with van der Waals surface area (Å²) in [4.78, 5) is 12.7. The molecule has 172 valence electrons. The Kier molecular flexibility index (Phi) is 6.63. The minimum Gasteiger partial charge on any atom is -0.488 e. The number of sulfone groups is 1. The number of amides is 1. The van der Waals surface area contributed by atoms with E-state index in [-0.39, 0.29) is 12.0 Å². The predicted molar refractivity (Wildman–Crippen MR) is 128 cm³/mol. The lowest BCUT2D eigenvalue weighted by molar-refractivity contribution is -0.127. The van der Waals surface area contributed by atoms with E-state index in [0.29, 0.717) is 28.6 Å². The number of rotatable bonds is 7. The van der Waals surface area contributed by atoms with Crippen LogP contribution in [-0.4, -0.2) is 39.3 Å². The van der Waals surface area contributed by atoms with E-state index in [1.165, 1.54) is 6.26 Å². The summed E-state index contributed by atoms with van der Waals surface area (Å²) in [5, 5.41) is 3.43. The highest BCUT2D eigenvalue weighted by Crippen LogP contribution is 2.33. The normalized spacial score (nSPS) is 15.9. The van der Waals surface area contributed by atoms with Crippen LogP contribution in [0.3, 0.4) is 0 Å². The van der Waals surface area contributed by atoms with Gasteiger partial charge in [-0.3, -0.25) is 4.79 Å².